The number of nitro benzene ring substituents is 1. The Balaban J connectivity index is 1.45. The van der Waals surface area contributed by atoms with Gasteiger partial charge in [-0.2, -0.15) is 5.10 Å². The van der Waals surface area contributed by atoms with E-state index < -0.39 is 11.0 Å². The summed E-state index contributed by atoms with van der Waals surface area (Å²) in [5, 5.41) is 16.9. The molecular weight excluding hydrogens is 493 g/mol. The standard InChI is InChI=1S/C24H25Cl2N5O4/c1-15-12-16(2)30(27-15)22-14-19(5-6-21(22)31(33)34)28-8-10-29(11-9-28)24(32)17(3)35-23-7-4-18(25)13-20(23)26/h4-7,12-14,17H,8-11H2,1-3H3/t17-/m1/s1. The van der Waals surface area contributed by atoms with E-state index in [4.69, 9.17) is 27.9 Å². The van der Waals surface area contributed by atoms with Crippen LogP contribution in [0, 0.1) is 24.0 Å². The van der Waals surface area contributed by atoms with E-state index in [2.05, 4.69) is 10.00 Å². The van der Waals surface area contributed by atoms with Gasteiger partial charge >= 0.3 is 0 Å². The first-order valence-electron chi connectivity index (χ1n) is 11.1. The maximum absolute atomic E-state index is 12.9. The lowest BCUT2D eigenvalue weighted by molar-refractivity contribution is -0.384. The van der Waals surface area contributed by atoms with E-state index >= 15 is 0 Å². The third kappa shape index (κ3) is 5.36. The zero-order valence-corrected chi connectivity index (χ0v) is 21.1. The van der Waals surface area contributed by atoms with Gasteiger partial charge in [0.2, 0.25) is 0 Å². The molecule has 4 rings (SSSR count). The van der Waals surface area contributed by atoms with Crippen LogP contribution in [0.2, 0.25) is 10.0 Å². The first kappa shape index (κ1) is 24.8. The number of anilines is 1. The number of piperazine rings is 1. The summed E-state index contributed by atoms with van der Waals surface area (Å²) < 4.78 is 7.37. The van der Waals surface area contributed by atoms with Gasteiger partial charge in [-0.05, 0) is 57.2 Å². The molecule has 184 valence electrons. The Kier molecular flexibility index (Phi) is 7.18. The monoisotopic (exact) mass is 517 g/mol. The number of halogens is 2. The summed E-state index contributed by atoms with van der Waals surface area (Å²) in [6, 6.07) is 11.8. The number of rotatable bonds is 6. The largest absolute Gasteiger partial charge is 0.479 e. The van der Waals surface area contributed by atoms with Gasteiger partial charge < -0.3 is 14.5 Å². The van der Waals surface area contributed by atoms with Crippen molar-refractivity contribution in [3.63, 3.8) is 0 Å². The lowest BCUT2D eigenvalue weighted by atomic mass is 10.2. The van der Waals surface area contributed by atoms with Crippen LogP contribution in [0.3, 0.4) is 0 Å². The fourth-order valence-corrected chi connectivity index (χ4v) is 4.61. The predicted molar refractivity (Wildman–Crippen MR) is 135 cm³/mol. The molecule has 2 aromatic carbocycles. The third-order valence-corrected chi connectivity index (χ3v) is 6.43. The van der Waals surface area contributed by atoms with Crippen molar-refractivity contribution in [1.82, 2.24) is 14.7 Å². The molecule has 2 heterocycles. The third-order valence-electron chi connectivity index (χ3n) is 5.90. The summed E-state index contributed by atoms with van der Waals surface area (Å²) in [6.45, 7) is 7.54. The van der Waals surface area contributed by atoms with E-state index in [1.54, 1.807) is 46.8 Å². The van der Waals surface area contributed by atoms with Gasteiger partial charge in [-0.1, -0.05) is 23.2 Å². The highest BCUT2D eigenvalue weighted by molar-refractivity contribution is 6.35. The number of amides is 1. The Morgan fingerprint density at radius 2 is 1.80 bits per heavy atom. The highest BCUT2D eigenvalue weighted by Crippen LogP contribution is 2.31. The second-order valence-corrected chi connectivity index (χ2v) is 9.26. The van der Waals surface area contributed by atoms with E-state index in [9.17, 15) is 14.9 Å². The number of carbonyl (C=O) groups is 1. The number of aromatic nitrogens is 2. The van der Waals surface area contributed by atoms with Gasteiger partial charge in [0.05, 0.1) is 15.6 Å². The molecule has 0 spiro atoms. The van der Waals surface area contributed by atoms with Crippen LogP contribution in [-0.2, 0) is 4.79 Å². The quantitative estimate of drug-likeness (QED) is 0.343. The number of nitro groups is 1. The number of aryl methyl sites for hydroxylation is 2. The molecule has 3 aromatic rings. The highest BCUT2D eigenvalue weighted by atomic mass is 35.5. The first-order valence-corrected chi connectivity index (χ1v) is 11.9. The Morgan fingerprint density at radius 1 is 1.09 bits per heavy atom. The van der Waals surface area contributed by atoms with Crippen LogP contribution in [0.15, 0.2) is 42.5 Å². The zero-order chi connectivity index (χ0) is 25.3. The predicted octanol–water partition coefficient (Wildman–Crippen LogP) is 4.82. The Hall–Kier alpha value is -3.30. The number of hydrogen-bond acceptors (Lipinski definition) is 6. The number of ether oxygens (including phenoxy) is 1. The van der Waals surface area contributed by atoms with Gasteiger partial charge in [0.15, 0.2) is 6.10 Å². The average Bonchev–Trinajstić information content (AvgIpc) is 3.17. The molecule has 35 heavy (non-hydrogen) atoms. The number of hydrogen-bond donors (Lipinski definition) is 0. The zero-order valence-electron chi connectivity index (χ0n) is 19.6. The minimum absolute atomic E-state index is 0.0133. The molecule has 1 aliphatic rings. The van der Waals surface area contributed by atoms with Gasteiger partial charge in [-0.15, -0.1) is 0 Å². The van der Waals surface area contributed by atoms with Crippen molar-refractivity contribution in [1.29, 1.82) is 0 Å². The molecule has 0 aliphatic carbocycles. The molecule has 11 heteroatoms. The fourth-order valence-electron chi connectivity index (χ4n) is 4.16. The number of nitrogens with zero attached hydrogens (tertiary/aromatic N) is 5. The molecule has 1 aliphatic heterocycles. The molecule has 1 saturated heterocycles. The summed E-state index contributed by atoms with van der Waals surface area (Å²) in [6.07, 6.45) is -0.711. The smallest absolute Gasteiger partial charge is 0.295 e. The van der Waals surface area contributed by atoms with E-state index in [1.165, 1.54) is 6.07 Å². The lowest BCUT2D eigenvalue weighted by Crippen LogP contribution is -2.52. The fraction of sp³-hybridized carbons (Fsp3) is 0.333. The molecule has 0 unspecified atom stereocenters. The summed E-state index contributed by atoms with van der Waals surface area (Å²) in [5.41, 5.74) is 2.83. The van der Waals surface area contributed by atoms with Crippen molar-refractivity contribution in [2.75, 3.05) is 31.1 Å². The maximum atomic E-state index is 12.9. The minimum atomic E-state index is -0.711. The SMILES string of the molecule is Cc1cc(C)n(-c2cc(N3CCN(C(=O)[C@@H](C)Oc4ccc(Cl)cc4Cl)CC3)ccc2[N+](=O)[O-])n1. The van der Waals surface area contributed by atoms with Crippen molar-refractivity contribution in [2.45, 2.75) is 26.9 Å². The lowest BCUT2D eigenvalue weighted by Gasteiger charge is -2.37. The van der Waals surface area contributed by atoms with Gasteiger partial charge in [0.1, 0.15) is 11.4 Å². The Morgan fingerprint density at radius 3 is 2.40 bits per heavy atom. The summed E-state index contributed by atoms with van der Waals surface area (Å²) in [5.74, 6) is 0.265. The van der Waals surface area contributed by atoms with Crippen LogP contribution in [-0.4, -0.2) is 57.8 Å². The molecule has 0 bridgehead atoms. The summed E-state index contributed by atoms with van der Waals surface area (Å²) in [4.78, 5) is 28.0. The molecule has 0 saturated carbocycles. The molecule has 1 fully saturated rings. The molecule has 1 atom stereocenters. The topological polar surface area (TPSA) is 93.7 Å². The molecular formula is C24H25Cl2N5O4. The van der Waals surface area contributed by atoms with Crippen molar-refractivity contribution >= 4 is 40.5 Å². The normalized spacial score (nSPS) is 14.7. The van der Waals surface area contributed by atoms with Crippen LogP contribution >= 0.6 is 23.2 Å². The second kappa shape index (κ2) is 10.1. The minimum Gasteiger partial charge on any atom is -0.479 e. The van der Waals surface area contributed by atoms with Gasteiger partial charge in [-0.25, -0.2) is 4.68 Å². The van der Waals surface area contributed by atoms with Crippen LogP contribution in [0.5, 0.6) is 5.75 Å². The first-order chi connectivity index (χ1) is 16.6. The van der Waals surface area contributed by atoms with Crippen LogP contribution in [0.4, 0.5) is 11.4 Å². The number of carbonyl (C=O) groups excluding carboxylic acids is 1. The van der Waals surface area contributed by atoms with Crippen molar-refractivity contribution in [3.05, 3.63) is 74.0 Å². The van der Waals surface area contributed by atoms with Gasteiger partial charge in [0, 0.05) is 48.6 Å². The van der Waals surface area contributed by atoms with Crippen LogP contribution in [0.1, 0.15) is 18.3 Å². The van der Waals surface area contributed by atoms with Crippen LogP contribution < -0.4 is 9.64 Å². The number of benzene rings is 2. The van der Waals surface area contributed by atoms with Crippen LogP contribution in [0.25, 0.3) is 5.69 Å². The Bertz CT molecular complexity index is 1270. The van der Waals surface area contributed by atoms with E-state index in [1.807, 2.05) is 19.9 Å². The van der Waals surface area contributed by atoms with E-state index in [-0.39, 0.29) is 11.6 Å². The average molecular weight is 518 g/mol. The maximum Gasteiger partial charge on any atom is 0.295 e. The molecule has 1 amide bonds. The van der Waals surface area contributed by atoms with Crippen molar-refractivity contribution in [3.8, 4) is 11.4 Å². The molecule has 0 N–H and O–H groups in total. The molecule has 1 aromatic heterocycles. The van der Waals surface area contributed by atoms with E-state index in [0.717, 1.165) is 17.1 Å². The van der Waals surface area contributed by atoms with E-state index in [0.29, 0.717) is 47.7 Å². The molecule has 9 nitrogen and oxygen atoms in total. The summed E-state index contributed by atoms with van der Waals surface area (Å²) in [7, 11) is 0. The molecule has 0 radical (unpaired) electrons. The van der Waals surface area contributed by atoms with Gasteiger partial charge in [0.25, 0.3) is 11.6 Å². The highest BCUT2D eigenvalue weighted by Gasteiger charge is 2.28. The van der Waals surface area contributed by atoms with Gasteiger partial charge in [-0.3, -0.25) is 14.9 Å². The Labute approximate surface area is 212 Å². The second-order valence-electron chi connectivity index (χ2n) is 8.42. The van der Waals surface area contributed by atoms with Crippen molar-refractivity contribution in [2.24, 2.45) is 0 Å². The summed E-state index contributed by atoms with van der Waals surface area (Å²) >= 11 is 12.1. The van der Waals surface area contributed by atoms with Crippen molar-refractivity contribution < 1.29 is 14.5 Å².